The minimum absolute atomic E-state index is 0.287. The molecule has 1 fully saturated rings. The number of likely N-dealkylation sites (N-methyl/N-ethyl adjacent to an activating group) is 1. The molecule has 1 rings (SSSR count). The zero-order valence-corrected chi connectivity index (χ0v) is 9.90. The van der Waals surface area contributed by atoms with Crippen molar-refractivity contribution in [3.63, 3.8) is 0 Å². The van der Waals surface area contributed by atoms with E-state index in [4.69, 9.17) is 5.26 Å². The molecule has 1 aliphatic rings. The fraction of sp³-hybridized carbons (Fsp3) is 0.900. The summed E-state index contributed by atoms with van der Waals surface area (Å²) in [5, 5.41) is 11.4. The highest BCUT2D eigenvalue weighted by Gasteiger charge is 2.59. The zero-order valence-electron chi connectivity index (χ0n) is 9.90. The Labute approximate surface area is 105 Å². The number of rotatable bonds is 5. The lowest BCUT2D eigenvalue weighted by molar-refractivity contribution is -0.323. The predicted octanol–water partition coefficient (Wildman–Crippen LogP) is 2.39. The van der Waals surface area contributed by atoms with Crippen molar-refractivity contribution < 1.29 is 31.1 Å². The molecule has 0 bridgehead atoms. The standard InChI is InChI=1S/C10H12F6N2O/c1-18-8(4-17,6-2-3-6)5-19-7(9(11,12)13)10(14,15)16/h6-7,18H,2-3,5H2,1H3. The minimum Gasteiger partial charge on any atom is -0.358 e. The highest BCUT2D eigenvalue weighted by Crippen LogP contribution is 2.41. The quantitative estimate of drug-likeness (QED) is 0.791. The predicted molar refractivity (Wildman–Crippen MR) is 52.0 cm³/mol. The Kier molecular flexibility index (Phi) is 4.37. The number of ether oxygens (including phenoxy) is 1. The van der Waals surface area contributed by atoms with E-state index in [-0.39, 0.29) is 5.92 Å². The van der Waals surface area contributed by atoms with Gasteiger partial charge in [0.25, 0.3) is 0 Å². The second-order valence-corrected chi connectivity index (χ2v) is 4.38. The summed E-state index contributed by atoms with van der Waals surface area (Å²) in [6.07, 6.45) is -13.9. The van der Waals surface area contributed by atoms with Crippen LogP contribution >= 0.6 is 0 Å². The molecule has 0 spiro atoms. The second kappa shape index (κ2) is 5.17. The van der Waals surface area contributed by atoms with Gasteiger partial charge in [-0.2, -0.15) is 31.6 Å². The Hall–Kier alpha value is -1.01. The van der Waals surface area contributed by atoms with Gasteiger partial charge in [0.2, 0.25) is 6.10 Å². The molecular formula is C10H12F6N2O. The number of halogens is 6. The van der Waals surface area contributed by atoms with Gasteiger partial charge in [0.05, 0.1) is 12.7 Å². The molecule has 9 heteroatoms. The number of nitrogens with one attached hydrogen (secondary N) is 1. The molecule has 1 N–H and O–H groups in total. The maximum Gasteiger partial charge on any atom is 0.423 e. The van der Waals surface area contributed by atoms with Crippen LogP contribution in [0.25, 0.3) is 0 Å². The van der Waals surface area contributed by atoms with Crippen LogP contribution in [0.1, 0.15) is 12.8 Å². The summed E-state index contributed by atoms with van der Waals surface area (Å²) < 4.78 is 77.6. The van der Waals surface area contributed by atoms with Gasteiger partial charge in [-0.25, -0.2) is 0 Å². The zero-order chi connectivity index (χ0) is 14.9. The van der Waals surface area contributed by atoms with Crippen LogP contribution in [0.5, 0.6) is 0 Å². The first-order valence-corrected chi connectivity index (χ1v) is 5.42. The summed E-state index contributed by atoms with van der Waals surface area (Å²) >= 11 is 0. The van der Waals surface area contributed by atoms with Gasteiger partial charge in [-0.15, -0.1) is 0 Å². The van der Waals surface area contributed by atoms with Crippen molar-refractivity contribution in [1.82, 2.24) is 5.32 Å². The number of hydrogen-bond acceptors (Lipinski definition) is 3. The van der Waals surface area contributed by atoms with E-state index in [1.165, 1.54) is 7.05 Å². The van der Waals surface area contributed by atoms with E-state index in [1.54, 1.807) is 6.07 Å². The molecule has 0 aromatic heterocycles. The molecule has 0 aromatic rings. The molecular weight excluding hydrogens is 278 g/mol. The average molecular weight is 290 g/mol. The molecule has 0 amide bonds. The molecule has 19 heavy (non-hydrogen) atoms. The number of alkyl halides is 6. The first-order chi connectivity index (χ1) is 8.57. The first kappa shape index (κ1) is 16.0. The van der Waals surface area contributed by atoms with Crippen molar-refractivity contribution in [2.24, 2.45) is 5.92 Å². The SMILES string of the molecule is CNC(C#N)(COC(C(F)(F)F)C(F)(F)F)C1CC1. The molecule has 1 aliphatic carbocycles. The van der Waals surface area contributed by atoms with Crippen molar-refractivity contribution in [3.05, 3.63) is 0 Å². The molecule has 0 aromatic carbocycles. The number of nitriles is 1. The van der Waals surface area contributed by atoms with Crippen molar-refractivity contribution >= 4 is 0 Å². The Bertz CT molecular complexity index is 343. The third kappa shape index (κ3) is 3.73. The maximum absolute atomic E-state index is 12.3. The summed E-state index contributed by atoms with van der Waals surface area (Å²) in [7, 11) is 1.31. The largest absolute Gasteiger partial charge is 0.423 e. The Morgan fingerprint density at radius 2 is 1.68 bits per heavy atom. The van der Waals surface area contributed by atoms with Crippen molar-refractivity contribution in [3.8, 4) is 6.07 Å². The molecule has 0 aliphatic heterocycles. The fourth-order valence-corrected chi connectivity index (χ4v) is 1.74. The van der Waals surface area contributed by atoms with Crippen molar-refractivity contribution in [2.75, 3.05) is 13.7 Å². The summed E-state index contributed by atoms with van der Waals surface area (Å²) in [4.78, 5) is 0. The average Bonchev–Trinajstić information content (AvgIpc) is 3.05. The topological polar surface area (TPSA) is 45.0 Å². The van der Waals surface area contributed by atoms with Gasteiger partial charge in [-0.05, 0) is 25.8 Å². The molecule has 1 atom stereocenters. The van der Waals surface area contributed by atoms with E-state index in [9.17, 15) is 26.3 Å². The molecule has 0 heterocycles. The number of hydrogen-bond donors (Lipinski definition) is 1. The van der Waals surface area contributed by atoms with Crippen LogP contribution in [-0.2, 0) is 4.74 Å². The van der Waals surface area contributed by atoms with E-state index in [0.29, 0.717) is 12.8 Å². The molecule has 0 radical (unpaired) electrons. The molecule has 1 saturated carbocycles. The fourth-order valence-electron chi connectivity index (χ4n) is 1.74. The lowest BCUT2D eigenvalue weighted by Gasteiger charge is -2.30. The van der Waals surface area contributed by atoms with Gasteiger partial charge >= 0.3 is 12.4 Å². The van der Waals surface area contributed by atoms with E-state index in [2.05, 4.69) is 10.1 Å². The second-order valence-electron chi connectivity index (χ2n) is 4.38. The minimum atomic E-state index is -5.56. The number of nitrogens with zero attached hydrogens (tertiary/aromatic N) is 1. The van der Waals surface area contributed by atoms with Gasteiger partial charge < -0.3 is 10.1 Å². The molecule has 1 unspecified atom stereocenters. The van der Waals surface area contributed by atoms with Crippen LogP contribution in [-0.4, -0.2) is 37.7 Å². The van der Waals surface area contributed by atoms with Gasteiger partial charge in [0.15, 0.2) is 0 Å². The smallest absolute Gasteiger partial charge is 0.358 e. The third-order valence-corrected chi connectivity index (χ3v) is 2.99. The lowest BCUT2D eigenvalue weighted by Crippen LogP contribution is -2.52. The van der Waals surface area contributed by atoms with Crippen LogP contribution in [0.3, 0.4) is 0 Å². The normalized spacial score (nSPS) is 20.2. The Balaban J connectivity index is 2.79. The van der Waals surface area contributed by atoms with Gasteiger partial charge in [0.1, 0.15) is 5.54 Å². The van der Waals surface area contributed by atoms with Crippen LogP contribution in [0.4, 0.5) is 26.3 Å². The molecule has 3 nitrogen and oxygen atoms in total. The monoisotopic (exact) mass is 290 g/mol. The molecule has 110 valence electrons. The third-order valence-electron chi connectivity index (χ3n) is 2.99. The summed E-state index contributed by atoms with van der Waals surface area (Å²) in [5.41, 5.74) is -1.51. The van der Waals surface area contributed by atoms with E-state index >= 15 is 0 Å². The van der Waals surface area contributed by atoms with Crippen LogP contribution in [0.15, 0.2) is 0 Å². The van der Waals surface area contributed by atoms with E-state index in [0.717, 1.165) is 0 Å². The van der Waals surface area contributed by atoms with Crippen LogP contribution in [0, 0.1) is 17.2 Å². The van der Waals surface area contributed by atoms with Crippen molar-refractivity contribution in [1.29, 1.82) is 5.26 Å². The summed E-state index contributed by atoms with van der Waals surface area (Å²) in [5.74, 6) is -0.287. The summed E-state index contributed by atoms with van der Waals surface area (Å²) in [6.45, 7) is -0.964. The van der Waals surface area contributed by atoms with Crippen LogP contribution in [0.2, 0.25) is 0 Å². The van der Waals surface area contributed by atoms with Crippen LogP contribution < -0.4 is 5.32 Å². The Morgan fingerprint density at radius 3 is 1.95 bits per heavy atom. The van der Waals surface area contributed by atoms with Gasteiger partial charge in [-0.1, -0.05) is 0 Å². The van der Waals surface area contributed by atoms with Gasteiger partial charge in [-0.3, -0.25) is 0 Å². The summed E-state index contributed by atoms with van der Waals surface area (Å²) in [6, 6.07) is 1.71. The first-order valence-electron chi connectivity index (χ1n) is 5.42. The maximum atomic E-state index is 12.3. The highest BCUT2D eigenvalue weighted by molar-refractivity contribution is 5.15. The molecule has 0 saturated heterocycles. The highest BCUT2D eigenvalue weighted by atomic mass is 19.4. The van der Waals surface area contributed by atoms with E-state index in [1.807, 2.05) is 0 Å². The van der Waals surface area contributed by atoms with E-state index < -0.39 is 30.6 Å². The van der Waals surface area contributed by atoms with Crippen molar-refractivity contribution in [2.45, 2.75) is 36.8 Å². The Morgan fingerprint density at radius 1 is 1.21 bits per heavy atom. The lowest BCUT2D eigenvalue weighted by atomic mass is 9.96. The van der Waals surface area contributed by atoms with Gasteiger partial charge in [0, 0.05) is 0 Å².